The van der Waals surface area contributed by atoms with E-state index >= 15 is 0 Å². The lowest BCUT2D eigenvalue weighted by Crippen LogP contribution is -2.36. The minimum atomic E-state index is -0.533. The molecule has 0 unspecified atom stereocenters. The summed E-state index contributed by atoms with van der Waals surface area (Å²) >= 11 is 0. The summed E-state index contributed by atoms with van der Waals surface area (Å²) in [4.78, 5) is 34.8. The van der Waals surface area contributed by atoms with Crippen LogP contribution in [-0.2, 0) is 30.6 Å². The van der Waals surface area contributed by atoms with E-state index in [2.05, 4.69) is 44.9 Å². The molecule has 4 N–H and O–H groups in total. The summed E-state index contributed by atoms with van der Waals surface area (Å²) in [5.41, 5.74) is 10.7. The summed E-state index contributed by atoms with van der Waals surface area (Å²) in [6, 6.07) is 11.5. The molecule has 5 rings (SSSR count). The highest BCUT2D eigenvalue weighted by atomic mass is 16.2. The number of anilines is 2. The fourth-order valence-electron chi connectivity index (χ4n) is 4.94. The SMILES string of the molecule is Cc1nc(N)ccc1CNC(=O)[C@@H]1CCc2cnc(NCC3Cc4ccccc4C3)c(=O)n21. The van der Waals surface area contributed by atoms with Crippen molar-refractivity contribution in [2.75, 3.05) is 17.6 Å². The smallest absolute Gasteiger partial charge is 0.294 e. The van der Waals surface area contributed by atoms with Gasteiger partial charge in [-0.05, 0) is 61.3 Å². The first-order chi connectivity index (χ1) is 16.0. The zero-order valence-electron chi connectivity index (χ0n) is 18.7. The number of pyridine rings is 1. The van der Waals surface area contributed by atoms with Crippen LogP contribution in [0.25, 0.3) is 0 Å². The van der Waals surface area contributed by atoms with Crippen LogP contribution >= 0.6 is 0 Å². The van der Waals surface area contributed by atoms with Crippen molar-refractivity contribution >= 4 is 17.5 Å². The topological polar surface area (TPSA) is 115 Å². The molecule has 1 atom stereocenters. The van der Waals surface area contributed by atoms with Crippen molar-refractivity contribution < 1.29 is 4.79 Å². The summed E-state index contributed by atoms with van der Waals surface area (Å²) < 4.78 is 1.60. The van der Waals surface area contributed by atoms with E-state index in [1.165, 1.54) is 11.1 Å². The Hall–Kier alpha value is -3.68. The molecule has 0 saturated heterocycles. The van der Waals surface area contributed by atoms with Gasteiger partial charge in [0.15, 0.2) is 5.82 Å². The van der Waals surface area contributed by atoms with Crippen LogP contribution in [0.3, 0.4) is 0 Å². The first-order valence-electron chi connectivity index (χ1n) is 11.4. The Bertz CT molecular complexity index is 1240. The van der Waals surface area contributed by atoms with Gasteiger partial charge in [0.05, 0.1) is 0 Å². The molecule has 2 aromatic heterocycles. The number of rotatable bonds is 6. The van der Waals surface area contributed by atoms with Gasteiger partial charge < -0.3 is 16.4 Å². The van der Waals surface area contributed by atoms with Crippen LogP contribution in [0.4, 0.5) is 11.6 Å². The molecule has 0 bridgehead atoms. The number of nitrogens with two attached hydrogens (primary N) is 1. The summed E-state index contributed by atoms with van der Waals surface area (Å²) in [5.74, 6) is 1.02. The highest BCUT2D eigenvalue weighted by Crippen LogP contribution is 2.27. The maximum Gasteiger partial charge on any atom is 0.294 e. The van der Waals surface area contributed by atoms with Gasteiger partial charge in [0.25, 0.3) is 5.56 Å². The molecule has 0 saturated carbocycles. The van der Waals surface area contributed by atoms with E-state index in [4.69, 9.17) is 5.73 Å². The van der Waals surface area contributed by atoms with Crippen molar-refractivity contribution in [3.8, 4) is 0 Å². The Morgan fingerprint density at radius 1 is 1.18 bits per heavy atom. The number of amides is 1. The monoisotopic (exact) mass is 444 g/mol. The molecule has 33 heavy (non-hydrogen) atoms. The van der Waals surface area contributed by atoms with Crippen molar-refractivity contribution in [2.45, 2.75) is 45.2 Å². The first-order valence-corrected chi connectivity index (χ1v) is 11.4. The number of nitrogens with zero attached hydrogens (tertiary/aromatic N) is 3. The predicted octanol–water partition coefficient (Wildman–Crippen LogP) is 2.16. The number of aromatic nitrogens is 3. The van der Waals surface area contributed by atoms with E-state index in [0.29, 0.717) is 43.5 Å². The molecule has 8 heteroatoms. The number of hydrogen-bond donors (Lipinski definition) is 3. The number of nitrogen functional groups attached to an aromatic ring is 1. The van der Waals surface area contributed by atoms with Crippen molar-refractivity contribution in [1.82, 2.24) is 19.9 Å². The molecule has 1 aromatic carbocycles. The van der Waals surface area contributed by atoms with Gasteiger partial charge in [0.2, 0.25) is 5.91 Å². The second-order valence-corrected chi connectivity index (χ2v) is 8.95. The minimum absolute atomic E-state index is 0.171. The van der Waals surface area contributed by atoms with Gasteiger partial charge in [0, 0.05) is 30.7 Å². The Morgan fingerprint density at radius 3 is 2.67 bits per heavy atom. The molecule has 1 aliphatic heterocycles. The van der Waals surface area contributed by atoms with Gasteiger partial charge in [-0.15, -0.1) is 0 Å². The summed E-state index contributed by atoms with van der Waals surface area (Å²) in [7, 11) is 0. The van der Waals surface area contributed by atoms with E-state index in [1.54, 1.807) is 16.8 Å². The third kappa shape index (κ3) is 4.20. The number of aryl methyl sites for hydroxylation is 2. The number of nitrogens with one attached hydrogen (secondary N) is 2. The van der Waals surface area contributed by atoms with Crippen molar-refractivity contribution in [2.24, 2.45) is 5.92 Å². The zero-order valence-corrected chi connectivity index (χ0v) is 18.7. The summed E-state index contributed by atoms with van der Waals surface area (Å²) in [5, 5.41) is 6.21. The molecular weight excluding hydrogens is 416 g/mol. The van der Waals surface area contributed by atoms with Crippen molar-refractivity contribution in [1.29, 1.82) is 0 Å². The van der Waals surface area contributed by atoms with E-state index in [0.717, 1.165) is 29.8 Å². The molecule has 0 spiro atoms. The molecule has 170 valence electrons. The average Bonchev–Trinajstić information content (AvgIpc) is 3.42. The summed E-state index contributed by atoms with van der Waals surface area (Å²) in [6.07, 6.45) is 4.96. The highest BCUT2D eigenvalue weighted by Gasteiger charge is 2.31. The van der Waals surface area contributed by atoms with Gasteiger partial charge in [-0.25, -0.2) is 9.97 Å². The maximum absolute atomic E-state index is 13.2. The van der Waals surface area contributed by atoms with Crippen molar-refractivity contribution in [3.05, 3.63) is 81.0 Å². The van der Waals surface area contributed by atoms with Gasteiger partial charge in [0.1, 0.15) is 11.9 Å². The number of carbonyl (C=O) groups is 1. The largest absolute Gasteiger partial charge is 0.384 e. The second-order valence-electron chi connectivity index (χ2n) is 8.95. The number of carbonyl (C=O) groups excluding carboxylic acids is 1. The lowest BCUT2D eigenvalue weighted by Gasteiger charge is -2.17. The van der Waals surface area contributed by atoms with Crippen LogP contribution in [0.5, 0.6) is 0 Å². The lowest BCUT2D eigenvalue weighted by molar-refractivity contribution is -0.124. The maximum atomic E-state index is 13.2. The average molecular weight is 445 g/mol. The Labute approximate surface area is 192 Å². The Balaban J connectivity index is 1.26. The van der Waals surface area contributed by atoms with Gasteiger partial charge in [-0.2, -0.15) is 0 Å². The number of fused-ring (bicyclic) bond motifs is 2. The summed E-state index contributed by atoms with van der Waals surface area (Å²) in [6.45, 7) is 2.88. The van der Waals surface area contributed by atoms with Crippen LogP contribution in [-0.4, -0.2) is 27.0 Å². The van der Waals surface area contributed by atoms with Gasteiger partial charge in [-0.3, -0.25) is 14.2 Å². The third-order valence-electron chi connectivity index (χ3n) is 6.73. The highest BCUT2D eigenvalue weighted by molar-refractivity contribution is 5.81. The first kappa shape index (κ1) is 21.2. The van der Waals surface area contributed by atoms with E-state index in [9.17, 15) is 9.59 Å². The van der Waals surface area contributed by atoms with Gasteiger partial charge >= 0.3 is 0 Å². The predicted molar refractivity (Wildman–Crippen MR) is 127 cm³/mol. The molecular formula is C25H28N6O2. The van der Waals surface area contributed by atoms with E-state index in [1.807, 2.05) is 13.0 Å². The molecule has 2 aliphatic rings. The van der Waals surface area contributed by atoms with Crippen LogP contribution in [0.1, 0.15) is 40.5 Å². The van der Waals surface area contributed by atoms with E-state index in [-0.39, 0.29) is 11.5 Å². The van der Waals surface area contributed by atoms with Gasteiger partial charge in [-0.1, -0.05) is 30.3 Å². The number of benzene rings is 1. The minimum Gasteiger partial charge on any atom is -0.384 e. The lowest BCUT2D eigenvalue weighted by atomic mass is 10.1. The molecule has 3 heterocycles. The van der Waals surface area contributed by atoms with Crippen LogP contribution < -0.4 is 21.9 Å². The number of hydrogen-bond acceptors (Lipinski definition) is 6. The fraction of sp³-hybridized carbons (Fsp3) is 0.360. The Morgan fingerprint density at radius 2 is 1.94 bits per heavy atom. The van der Waals surface area contributed by atoms with Crippen LogP contribution in [0, 0.1) is 12.8 Å². The van der Waals surface area contributed by atoms with Crippen LogP contribution in [0.15, 0.2) is 47.4 Å². The quantitative estimate of drug-likeness (QED) is 0.537. The molecule has 8 nitrogen and oxygen atoms in total. The molecule has 3 aromatic rings. The van der Waals surface area contributed by atoms with Crippen molar-refractivity contribution in [3.63, 3.8) is 0 Å². The Kier molecular flexibility index (Phi) is 5.58. The molecule has 1 amide bonds. The third-order valence-corrected chi connectivity index (χ3v) is 6.73. The van der Waals surface area contributed by atoms with E-state index < -0.39 is 6.04 Å². The second kappa shape index (κ2) is 8.69. The standard InChI is InChI=1S/C25H28N6O2/c1-15-19(6-9-22(26)30-15)13-29-24(32)21-8-7-20-14-28-23(25(33)31(20)21)27-12-16-10-17-4-2-3-5-18(17)11-16/h2-6,9,14,16,21H,7-8,10-13H2,1H3,(H2,26,30)(H,27,28)(H,29,32)/t21-/m0/s1. The zero-order chi connectivity index (χ0) is 22.9. The molecule has 0 fully saturated rings. The van der Waals surface area contributed by atoms with Crippen LogP contribution in [0.2, 0.25) is 0 Å². The normalized spacial score (nSPS) is 16.9. The fourth-order valence-corrected chi connectivity index (χ4v) is 4.94. The molecule has 0 radical (unpaired) electrons. The molecule has 1 aliphatic carbocycles.